The molecule has 0 radical (unpaired) electrons. The molecule has 5 nitrogen and oxygen atoms in total. The van der Waals surface area contributed by atoms with Gasteiger partial charge in [-0.15, -0.1) is 0 Å². The minimum atomic E-state index is -0.323. The molecular formula is C11H18N4O. The van der Waals surface area contributed by atoms with Crippen molar-refractivity contribution in [2.75, 3.05) is 25.5 Å². The standard InChI is InChI=1S/C11H18N4O/c1-3-13-11-9(5-4-6-14-11)7-15(2)8-10(12)16/h4-6H,3,7-8H2,1-2H3,(H2,12,16)(H,13,14). The number of nitrogens with two attached hydrogens (primary N) is 1. The third kappa shape index (κ3) is 3.86. The molecule has 0 aliphatic rings. The molecule has 0 saturated heterocycles. The number of carbonyl (C=O) groups excluding carboxylic acids is 1. The first kappa shape index (κ1) is 12.4. The van der Waals surface area contributed by atoms with Crippen LogP contribution in [-0.4, -0.2) is 35.9 Å². The molecule has 0 aromatic carbocycles. The average Bonchev–Trinajstić information content (AvgIpc) is 2.20. The van der Waals surface area contributed by atoms with Crippen LogP contribution in [0.1, 0.15) is 12.5 Å². The number of likely N-dealkylation sites (N-methyl/N-ethyl adjacent to an activating group) is 1. The van der Waals surface area contributed by atoms with E-state index in [9.17, 15) is 4.79 Å². The smallest absolute Gasteiger partial charge is 0.231 e. The monoisotopic (exact) mass is 222 g/mol. The Hall–Kier alpha value is -1.62. The maximum absolute atomic E-state index is 10.8. The highest BCUT2D eigenvalue weighted by atomic mass is 16.1. The van der Waals surface area contributed by atoms with Gasteiger partial charge in [-0.1, -0.05) is 6.07 Å². The number of nitrogens with one attached hydrogen (secondary N) is 1. The third-order valence-electron chi connectivity index (χ3n) is 2.10. The van der Waals surface area contributed by atoms with Gasteiger partial charge in [-0.25, -0.2) is 4.98 Å². The fraction of sp³-hybridized carbons (Fsp3) is 0.455. The molecule has 1 rings (SSSR count). The predicted molar refractivity (Wildman–Crippen MR) is 63.9 cm³/mol. The molecule has 5 heteroatoms. The summed E-state index contributed by atoms with van der Waals surface area (Å²) >= 11 is 0. The largest absolute Gasteiger partial charge is 0.370 e. The second-order valence-electron chi connectivity index (χ2n) is 3.68. The Morgan fingerprint density at radius 1 is 1.62 bits per heavy atom. The van der Waals surface area contributed by atoms with Crippen molar-refractivity contribution in [3.8, 4) is 0 Å². The van der Waals surface area contributed by atoms with Gasteiger partial charge in [0.05, 0.1) is 6.54 Å². The van der Waals surface area contributed by atoms with Crippen molar-refractivity contribution >= 4 is 11.7 Å². The van der Waals surface area contributed by atoms with Gasteiger partial charge in [-0.2, -0.15) is 0 Å². The Kier molecular flexibility index (Phi) is 4.72. The van der Waals surface area contributed by atoms with Crippen molar-refractivity contribution in [3.63, 3.8) is 0 Å². The van der Waals surface area contributed by atoms with Gasteiger partial charge in [0.1, 0.15) is 5.82 Å². The van der Waals surface area contributed by atoms with Crippen molar-refractivity contribution in [1.82, 2.24) is 9.88 Å². The van der Waals surface area contributed by atoms with Gasteiger partial charge in [-0.05, 0) is 20.0 Å². The van der Waals surface area contributed by atoms with Gasteiger partial charge in [0, 0.05) is 24.8 Å². The molecule has 1 amide bonds. The molecular weight excluding hydrogens is 204 g/mol. The molecule has 0 saturated carbocycles. The first-order chi connectivity index (χ1) is 7.63. The Morgan fingerprint density at radius 2 is 2.38 bits per heavy atom. The number of hydrogen-bond donors (Lipinski definition) is 2. The van der Waals surface area contributed by atoms with Crippen LogP contribution >= 0.6 is 0 Å². The molecule has 1 aromatic heterocycles. The number of pyridine rings is 1. The van der Waals surface area contributed by atoms with Gasteiger partial charge in [0.15, 0.2) is 0 Å². The molecule has 0 bridgehead atoms. The minimum Gasteiger partial charge on any atom is -0.370 e. The average molecular weight is 222 g/mol. The summed E-state index contributed by atoms with van der Waals surface area (Å²) in [5.74, 6) is 0.540. The van der Waals surface area contributed by atoms with Gasteiger partial charge >= 0.3 is 0 Å². The fourth-order valence-electron chi connectivity index (χ4n) is 1.51. The Bertz CT molecular complexity index is 354. The van der Waals surface area contributed by atoms with Crippen LogP contribution in [0.15, 0.2) is 18.3 Å². The molecule has 1 aromatic rings. The molecule has 0 spiro atoms. The lowest BCUT2D eigenvalue weighted by Crippen LogP contribution is -2.30. The second-order valence-corrected chi connectivity index (χ2v) is 3.68. The van der Waals surface area contributed by atoms with Crippen LogP contribution in [0.3, 0.4) is 0 Å². The van der Waals surface area contributed by atoms with E-state index in [1.165, 1.54) is 0 Å². The first-order valence-electron chi connectivity index (χ1n) is 5.28. The van der Waals surface area contributed by atoms with E-state index in [0.29, 0.717) is 6.54 Å². The van der Waals surface area contributed by atoms with Gasteiger partial charge in [-0.3, -0.25) is 9.69 Å². The summed E-state index contributed by atoms with van der Waals surface area (Å²) in [5.41, 5.74) is 6.19. The van der Waals surface area contributed by atoms with Crippen LogP contribution < -0.4 is 11.1 Å². The number of primary amides is 1. The topological polar surface area (TPSA) is 71.2 Å². The van der Waals surface area contributed by atoms with Crippen molar-refractivity contribution in [1.29, 1.82) is 0 Å². The van der Waals surface area contributed by atoms with E-state index in [1.807, 2.05) is 31.0 Å². The van der Waals surface area contributed by atoms with E-state index in [1.54, 1.807) is 6.20 Å². The van der Waals surface area contributed by atoms with Crippen LogP contribution in [-0.2, 0) is 11.3 Å². The summed E-state index contributed by atoms with van der Waals surface area (Å²) in [6.45, 7) is 3.74. The van der Waals surface area contributed by atoms with Crippen molar-refractivity contribution in [3.05, 3.63) is 23.9 Å². The number of hydrogen-bond acceptors (Lipinski definition) is 4. The van der Waals surface area contributed by atoms with Crippen molar-refractivity contribution in [2.24, 2.45) is 5.73 Å². The summed E-state index contributed by atoms with van der Waals surface area (Å²) in [4.78, 5) is 16.9. The summed E-state index contributed by atoms with van der Waals surface area (Å²) in [7, 11) is 1.85. The normalized spacial score (nSPS) is 10.4. The summed E-state index contributed by atoms with van der Waals surface area (Å²) in [5, 5.41) is 3.18. The van der Waals surface area contributed by atoms with Gasteiger partial charge < -0.3 is 11.1 Å². The molecule has 1 heterocycles. The zero-order valence-electron chi connectivity index (χ0n) is 9.73. The van der Waals surface area contributed by atoms with Crippen LogP contribution in [0.4, 0.5) is 5.82 Å². The van der Waals surface area contributed by atoms with Crippen molar-refractivity contribution in [2.45, 2.75) is 13.5 Å². The SMILES string of the molecule is CCNc1ncccc1CN(C)CC(N)=O. The molecule has 0 aliphatic carbocycles. The Morgan fingerprint density at radius 3 is 3.00 bits per heavy atom. The number of aromatic nitrogens is 1. The van der Waals surface area contributed by atoms with E-state index in [-0.39, 0.29) is 12.5 Å². The Balaban J connectivity index is 2.68. The van der Waals surface area contributed by atoms with Crippen LogP contribution in [0.2, 0.25) is 0 Å². The number of carbonyl (C=O) groups is 1. The van der Waals surface area contributed by atoms with Crippen LogP contribution in [0, 0.1) is 0 Å². The zero-order valence-corrected chi connectivity index (χ0v) is 9.73. The highest BCUT2D eigenvalue weighted by Crippen LogP contribution is 2.12. The Labute approximate surface area is 95.7 Å². The van der Waals surface area contributed by atoms with E-state index >= 15 is 0 Å². The quantitative estimate of drug-likeness (QED) is 0.732. The van der Waals surface area contributed by atoms with E-state index < -0.39 is 0 Å². The summed E-state index contributed by atoms with van der Waals surface area (Å²) in [6.07, 6.45) is 1.75. The second kappa shape index (κ2) is 6.07. The zero-order chi connectivity index (χ0) is 12.0. The lowest BCUT2D eigenvalue weighted by molar-refractivity contribution is -0.118. The molecule has 88 valence electrons. The van der Waals surface area contributed by atoms with Gasteiger partial charge in [0.2, 0.25) is 5.91 Å². The lowest BCUT2D eigenvalue weighted by atomic mass is 10.2. The number of anilines is 1. The maximum atomic E-state index is 10.8. The molecule has 3 N–H and O–H groups in total. The highest BCUT2D eigenvalue weighted by Gasteiger charge is 2.07. The van der Waals surface area contributed by atoms with E-state index in [0.717, 1.165) is 17.9 Å². The molecule has 0 atom stereocenters. The summed E-state index contributed by atoms with van der Waals surface area (Å²) < 4.78 is 0. The molecule has 16 heavy (non-hydrogen) atoms. The highest BCUT2D eigenvalue weighted by molar-refractivity contribution is 5.75. The maximum Gasteiger partial charge on any atom is 0.231 e. The predicted octanol–water partition coefficient (Wildman–Crippen LogP) is 0.430. The van der Waals surface area contributed by atoms with E-state index in [4.69, 9.17) is 5.73 Å². The fourth-order valence-corrected chi connectivity index (χ4v) is 1.51. The first-order valence-corrected chi connectivity index (χ1v) is 5.28. The number of amides is 1. The van der Waals surface area contributed by atoms with Crippen LogP contribution in [0.5, 0.6) is 0 Å². The number of rotatable bonds is 6. The number of nitrogens with zero attached hydrogens (tertiary/aromatic N) is 2. The molecule has 0 unspecified atom stereocenters. The molecule has 0 fully saturated rings. The van der Waals surface area contributed by atoms with E-state index in [2.05, 4.69) is 10.3 Å². The molecule has 0 aliphatic heterocycles. The summed E-state index contributed by atoms with van der Waals surface area (Å²) in [6, 6.07) is 3.87. The van der Waals surface area contributed by atoms with Crippen molar-refractivity contribution < 1.29 is 4.79 Å². The van der Waals surface area contributed by atoms with Gasteiger partial charge in [0.25, 0.3) is 0 Å². The lowest BCUT2D eigenvalue weighted by Gasteiger charge is -2.16. The third-order valence-corrected chi connectivity index (χ3v) is 2.10. The minimum absolute atomic E-state index is 0.250. The van der Waals surface area contributed by atoms with Crippen LogP contribution in [0.25, 0.3) is 0 Å².